The van der Waals surface area contributed by atoms with Crippen LogP contribution < -0.4 is 16.7 Å². The molecule has 2 heterocycles. The Morgan fingerprint density at radius 3 is 2.52 bits per heavy atom. The Kier molecular flexibility index (Phi) is 5.13. The highest BCUT2D eigenvalue weighted by molar-refractivity contribution is 6.30. The summed E-state index contributed by atoms with van der Waals surface area (Å²) in [5.41, 5.74) is 0.816. The first kappa shape index (κ1) is 18.1. The highest BCUT2D eigenvalue weighted by atomic mass is 35.5. The molecule has 9 nitrogen and oxygen atoms in total. The molecule has 3 rings (SSSR count). The third-order valence-corrected chi connectivity index (χ3v) is 3.76. The number of carbonyl (C=O) groups is 1. The van der Waals surface area contributed by atoms with Gasteiger partial charge < -0.3 is 5.11 Å². The van der Waals surface area contributed by atoms with Crippen LogP contribution in [-0.4, -0.2) is 31.8 Å². The minimum atomic E-state index is -0.857. The number of benzene rings is 1. The smallest absolute Gasteiger partial charge is 0.335 e. The van der Waals surface area contributed by atoms with Gasteiger partial charge >= 0.3 is 5.69 Å². The van der Waals surface area contributed by atoms with Gasteiger partial charge in [0.25, 0.3) is 11.5 Å². The number of pyridine rings is 1. The summed E-state index contributed by atoms with van der Waals surface area (Å²) in [7, 11) is 0. The molecular weight excluding hydrogens is 374 g/mol. The van der Waals surface area contributed by atoms with Crippen molar-refractivity contribution >= 4 is 23.7 Å². The number of nitrogens with zero attached hydrogens (tertiary/aromatic N) is 3. The van der Waals surface area contributed by atoms with E-state index in [1.54, 1.807) is 0 Å². The van der Waals surface area contributed by atoms with Crippen molar-refractivity contribution in [2.45, 2.75) is 0 Å². The van der Waals surface area contributed by atoms with Crippen molar-refractivity contribution in [2.75, 3.05) is 0 Å². The lowest BCUT2D eigenvalue weighted by Crippen LogP contribution is -2.31. The zero-order chi connectivity index (χ0) is 19.4. The van der Waals surface area contributed by atoms with Crippen molar-refractivity contribution in [3.8, 4) is 11.6 Å². The minimum absolute atomic E-state index is 0.286. The number of halogens is 1. The van der Waals surface area contributed by atoms with Crippen LogP contribution in [0.15, 0.2) is 63.5 Å². The SMILES string of the molecule is O=C(N/N=C/c1c(O)n(-c2ccc(Cl)cc2)c(=O)[nH]c1=O)c1ccncc1. The van der Waals surface area contributed by atoms with Gasteiger partial charge in [0.05, 0.1) is 11.9 Å². The van der Waals surface area contributed by atoms with Crippen LogP contribution in [0, 0.1) is 0 Å². The molecular formula is C17H12ClN5O4. The number of hydrogen-bond acceptors (Lipinski definition) is 6. The molecule has 3 N–H and O–H groups in total. The van der Waals surface area contributed by atoms with Gasteiger partial charge in [0, 0.05) is 23.0 Å². The number of carbonyl (C=O) groups excluding carboxylic acids is 1. The zero-order valence-electron chi connectivity index (χ0n) is 13.6. The first-order valence-corrected chi connectivity index (χ1v) is 7.93. The van der Waals surface area contributed by atoms with Crippen molar-refractivity contribution in [2.24, 2.45) is 5.10 Å². The molecule has 0 saturated heterocycles. The maximum Gasteiger partial charge on any atom is 0.335 e. The van der Waals surface area contributed by atoms with E-state index in [4.69, 9.17) is 11.6 Å². The van der Waals surface area contributed by atoms with E-state index in [1.807, 2.05) is 0 Å². The second-order valence-electron chi connectivity index (χ2n) is 5.24. The first-order chi connectivity index (χ1) is 13.0. The molecule has 10 heteroatoms. The molecule has 0 spiro atoms. The fourth-order valence-electron chi connectivity index (χ4n) is 2.21. The van der Waals surface area contributed by atoms with Gasteiger partial charge in [-0.2, -0.15) is 5.10 Å². The van der Waals surface area contributed by atoms with E-state index in [0.717, 1.165) is 10.8 Å². The summed E-state index contributed by atoms with van der Waals surface area (Å²) in [4.78, 5) is 41.8. The minimum Gasteiger partial charge on any atom is -0.493 e. The average Bonchev–Trinajstić information content (AvgIpc) is 2.66. The Morgan fingerprint density at radius 2 is 1.85 bits per heavy atom. The Balaban J connectivity index is 1.93. The van der Waals surface area contributed by atoms with Gasteiger partial charge in [-0.05, 0) is 36.4 Å². The number of nitrogens with one attached hydrogen (secondary N) is 2. The molecule has 136 valence electrons. The van der Waals surface area contributed by atoms with Crippen LogP contribution >= 0.6 is 11.6 Å². The molecule has 0 bridgehead atoms. The molecule has 0 radical (unpaired) electrons. The predicted molar refractivity (Wildman–Crippen MR) is 98.6 cm³/mol. The quantitative estimate of drug-likeness (QED) is 0.456. The number of hydrogen-bond donors (Lipinski definition) is 3. The number of rotatable bonds is 4. The van der Waals surface area contributed by atoms with E-state index in [9.17, 15) is 19.5 Å². The van der Waals surface area contributed by atoms with Crippen LogP contribution in [-0.2, 0) is 0 Å². The van der Waals surface area contributed by atoms with Gasteiger partial charge in [-0.15, -0.1) is 0 Å². The summed E-state index contributed by atoms with van der Waals surface area (Å²) in [6.07, 6.45) is 3.83. The molecule has 0 atom stereocenters. The molecule has 0 aliphatic carbocycles. The van der Waals surface area contributed by atoms with Gasteiger partial charge in [0.2, 0.25) is 5.88 Å². The molecule has 1 aromatic carbocycles. The Morgan fingerprint density at radius 1 is 1.19 bits per heavy atom. The molecule has 0 aliphatic heterocycles. The fraction of sp³-hybridized carbons (Fsp3) is 0. The molecule has 27 heavy (non-hydrogen) atoms. The molecule has 3 aromatic rings. The molecule has 1 amide bonds. The number of aromatic hydroxyl groups is 1. The van der Waals surface area contributed by atoms with Crippen molar-refractivity contribution in [1.29, 1.82) is 0 Å². The lowest BCUT2D eigenvalue weighted by Gasteiger charge is -2.09. The molecule has 0 fully saturated rings. The topological polar surface area (TPSA) is 129 Å². The highest BCUT2D eigenvalue weighted by Gasteiger charge is 2.14. The second-order valence-corrected chi connectivity index (χ2v) is 5.68. The van der Waals surface area contributed by atoms with Crippen LogP contribution in [0.4, 0.5) is 0 Å². The zero-order valence-corrected chi connectivity index (χ0v) is 14.3. The van der Waals surface area contributed by atoms with Gasteiger partial charge in [0.1, 0.15) is 5.56 Å². The Bertz CT molecular complexity index is 1120. The van der Waals surface area contributed by atoms with Crippen LogP contribution in [0.3, 0.4) is 0 Å². The molecule has 0 saturated carbocycles. The van der Waals surface area contributed by atoms with Crippen LogP contribution in [0.5, 0.6) is 5.88 Å². The van der Waals surface area contributed by atoms with Crippen LogP contribution in [0.25, 0.3) is 5.69 Å². The van der Waals surface area contributed by atoms with E-state index in [0.29, 0.717) is 10.6 Å². The Labute approximate surface area is 156 Å². The van der Waals surface area contributed by atoms with Crippen molar-refractivity contribution in [1.82, 2.24) is 20.0 Å². The lowest BCUT2D eigenvalue weighted by atomic mass is 10.2. The summed E-state index contributed by atoms with van der Waals surface area (Å²) in [5.74, 6) is -1.16. The normalized spacial score (nSPS) is 10.9. The van der Waals surface area contributed by atoms with Gasteiger partial charge in [-0.25, -0.2) is 14.8 Å². The van der Waals surface area contributed by atoms with Crippen molar-refractivity contribution < 1.29 is 9.90 Å². The van der Waals surface area contributed by atoms with E-state index in [2.05, 4.69) is 20.5 Å². The largest absolute Gasteiger partial charge is 0.493 e. The second kappa shape index (κ2) is 7.67. The fourth-order valence-corrected chi connectivity index (χ4v) is 2.33. The standard InChI is InChI=1S/C17H12ClN5O4/c18-11-1-3-12(4-2-11)23-16(26)13(15(25)21-17(23)27)9-20-22-14(24)10-5-7-19-8-6-10/h1-9,26H,(H,22,24)(H,21,25,27)/b20-9+. The number of hydrazone groups is 1. The monoisotopic (exact) mass is 385 g/mol. The predicted octanol–water partition coefficient (Wildman–Crippen LogP) is 1.04. The van der Waals surface area contributed by atoms with Crippen molar-refractivity contribution in [3.63, 3.8) is 0 Å². The maximum absolute atomic E-state index is 12.1. The number of aromatic nitrogens is 3. The highest BCUT2D eigenvalue weighted by Crippen LogP contribution is 2.17. The average molecular weight is 386 g/mol. The van der Waals surface area contributed by atoms with E-state index in [-0.39, 0.29) is 11.3 Å². The van der Waals surface area contributed by atoms with Gasteiger partial charge in [-0.1, -0.05) is 11.6 Å². The summed E-state index contributed by atoms with van der Waals surface area (Å²) in [6, 6.07) is 9.00. The van der Waals surface area contributed by atoms with E-state index >= 15 is 0 Å². The third-order valence-electron chi connectivity index (χ3n) is 3.51. The van der Waals surface area contributed by atoms with E-state index in [1.165, 1.54) is 48.8 Å². The molecule has 2 aromatic heterocycles. The lowest BCUT2D eigenvalue weighted by molar-refractivity contribution is 0.0955. The van der Waals surface area contributed by atoms with Crippen LogP contribution in [0.2, 0.25) is 5.02 Å². The Hall–Kier alpha value is -3.72. The summed E-state index contributed by atoms with van der Waals surface area (Å²) >= 11 is 5.81. The van der Waals surface area contributed by atoms with E-state index < -0.39 is 23.0 Å². The first-order valence-electron chi connectivity index (χ1n) is 7.55. The maximum atomic E-state index is 12.1. The number of amides is 1. The van der Waals surface area contributed by atoms with Gasteiger partial charge in [-0.3, -0.25) is 19.6 Å². The molecule has 0 unspecified atom stereocenters. The summed E-state index contributed by atoms with van der Waals surface area (Å²) < 4.78 is 0.879. The number of H-pyrrole nitrogens is 1. The summed E-state index contributed by atoms with van der Waals surface area (Å²) in [5, 5.41) is 14.5. The third kappa shape index (κ3) is 3.93. The molecule has 0 aliphatic rings. The van der Waals surface area contributed by atoms with Crippen LogP contribution in [0.1, 0.15) is 15.9 Å². The van der Waals surface area contributed by atoms with Gasteiger partial charge in [0.15, 0.2) is 0 Å². The summed E-state index contributed by atoms with van der Waals surface area (Å²) in [6.45, 7) is 0. The van der Waals surface area contributed by atoms with Crippen molar-refractivity contribution in [3.05, 3.63) is 85.8 Å². The number of aromatic amines is 1.